The Morgan fingerprint density at radius 1 is 1.38 bits per heavy atom. The van der Waals surface area contributed by atoms with Crippen LogP contribution in [0.1, 0.15) is 27.2 Å². The van der Waals surface area contributed by atoms with Crippen molar-refractivity contribution in [3.8, 4) is 0 Å². The molecule has 1 aliphatic rings. The molecule has 0 aromatic heterocycles. The summed E-state index contributed by atoms with van der Waals surface area (Å²) in [6.07, 6.45) is -3.59. The van der Waals surface area contributed by atoms with Gasteiger partial charge in [-0.25, -0.2) is 0 Å². The van der Waals surface area contributed by atoms with Crippen molar-refractivity contribution in [3.63, 3.8) is 0 Å². The Bertz CT molecular complexity index is 250. The van der Waals surface area contributed by atoms with Gasteiger partial charge in [-0.05, 0) is 30.3 Å². The molecule has 0 radical (unpaired) electrons. The van der Waals surface area contributed by atoms with Gasteiger partial charge in [-0.3, -0.25) is 0 Å². The van der Waals surface area contributed by atoms with Gasteiger partial charge in [0.15, 0.2) is 0 Å². The largest absolute Gasteiger partial charge is 0.426 e. The van der Waals surface area contributed by atoms with Gasteiger partial charge in [0, 0.05) is 0 Å². The molecular weight excluding hydrogens is 201 g/mol. The molecule has 0 aromatic rings. The first kappa shape index (κ1) is 10.9. The van der Waals surface area contributed by atoms with E-state index in [2.05, 4.69) is 0 Å². The van der Waals surface area contributed by atoms with Crippen LogP contribution < -0.4 is 0 Å². The van der Waals surface area contributed by atoms with Gasteiger partial charge < -0.3 is 0 Å². The first-order valence-electron chi connectivity index (χ1n) is 4.10. The lowest BCUT2D eigenvalue weighted by Gasteiger charge is -2.10. The molecule has 1 atom stereocenters. The Morgan fingerprint density at radius 2 is 1.77 bits per heavy atom. The third kappa shape index (κ3) is 2.19. The summed E-state index contributed by atoms with van der Waals surface area (Å²) < 4.78 is 36.4. The Kier molecular flexibility index (Phi) is 2.44. The Hall–Kier alpha value is -0.180. The summed E-state index contributed by atoms with van der Waals surface area (Å²) in [6.45, 7) is 5.36. The van der Waals surface area contributed by atoms with E-state index in [0.29, 0.717) is 0 Å². The first-order chi connectivity index (χ1) is 5.66. The molecule has 0 spiro atoms. The minimum absolute atomic E-state index is 0.00150. The summed E-state index contributed by atoms with van der Waals surface area (Å²) >= 11 is 5.22. The minimum Gasteiger partial charge on any atom is -0.165 e. The van der Waals surface area contributed by atoms with Crippen LogP contribution in [0.15, 0.2) is 10.6 Å². The molecule has 0 amide bonds. The summed E-state index contributed by atoms with van der Waals surface area (Å²) in [5, 5.41) is -0.942. The van der Waals surface area contributed by atoms with Crippen molar-refractivity contribution in [2.45, 2.75) is 33.4 Å². The number of hydrogen-bond acceptors (Lipinski definition) is 0. The number of allylic oxidation sites excluding steroid dienone is 2. The van der Waals surface area contributed by atoms with Crippen molar-refractivity contribution in [2.24, 2.45) is 11.3 Å². The quantitative estimate of drug-likeness (QED) is 0.614. The summed E-state index contributed by atoms with van der Waals surface area (Å²) in [7, 11) is 0. The lowest BCUT2D eigenvalue weighted by molar-refractivity contribution is -0.0855. The van der Waals surface area contributed by atoms with E-state index in [1.165, 1.54) is 6.92 Å². The maximum atomic E-state index is 12.1. The number of hydrogen-bond donors (Lipinski definition) is 0. The first-order valence-corrected chi connectivity index (χ1v) is 4.47. The van der Waals surface area contributed by atoms with E-state index in [9.17, 15) is 13.2 Å². The molecule has 1 rings (SSSR count). The lowest BCUT2D eigenvalue weighted by Crippen LogP contribution is -2.10. The fourth-order valence-electron chi connectivity index (χ4n) is 1.58. The van der Waals surface area contributed by atoms with Crippen LogP contribution in [0.2, 0.25) is 0 Å². The molecule has 1 fully saturated rings. The van der Waals surface area contributed by atoms with Gasteiger partial charge in [-0.15, -0.1) is 0 Å². The maximum absolute atomic E-state index is 12.1. The average molecular weight is 213 g/mol. The van der Waals surface area contributed by atoms with Gasteiger partial charge in [-0.2, -0.15) is 13.2 Å². The smallest absolute Gasteiger partial charge is 0.165 e. The highest BCUT2D eigenvalue weighted by atomic mass is 35.5. The van der Waals surface area contributed by atoms with Gasteiger partial charge in [0.2, 0.25) is 0 Å². The van der Waals surface area contributed by atoms with E-state index >= 15 is 0 Å². The molecule has 1 unspecified atom stereocenters. The average Bonchev–Trinajstić information content (AvgIpc) is 2.55. The second kappa shape index (κ2) is 2.91. The highest BCUT2D eigenvalue weighted by Crippen LogP contribution is 2.57. The maximum Gasteiger partial charge on any atom is 0.426 e. The normalized spacial score (nSPS) is 28.4. The highest BCUT2D eigenvalue weighted by Gasteiger charge is 2.49. The predicted molar refractivity (Wildman–Crippen MR) is 46.5 cm³/mol. The van der Waals surface area contributed by atoms with Crippen molar-refractivity contribution in [1.82, 2.24) is 0 Å². The molecule has 0 N–H and O–H groups in total. The van der Waals surface area contributed by atoms with Crippen molar-refractivity contribution >= 4 is 11.6 Å². The SMILES string of the molecule is CC(=C(Cl)C(F)(F)F)C1CC1(C)C. The fourth-order valence-corrected chi connectivity index (χ4v) is 1.71. The van der Waals surface area contributed by atoms with Gasteiger partial charge in [-0.1, -0.05) is 25.4 Å². The van der Waals surface area contributed by atoms with Crippen LogP contribution >= 0.6 is 11.6 Å². The highest BCUT2D eigenvalue weighted by molar-refractivity contribution is 6.30. The summed E-state index contributed by atoms with van der Waals surface area (Å²) in [4.78, 5) is 0. The zero-order valence-corrected chi connectivity index (χ0v) is 8.55. The molecule has 0 aromatic carbocycles. The van der Waals surface area contributed by atoms with Crippen LogP contribution in [0, 0.1) is 11.3 Å². The van der Waals surface area contributed by atoms with E-state index in [1.54, 1.807) is 0 Å². The molecule has 76 valence electrons. The minimum atomic E-state index is -4.38. The van der Waals surface area contributed by atoms with Crippen LogP contribution in [0.25, 0.3) is 0 Å². The van der Waals surface area contributed by atoms with Gasteiger partial charge in [0.05, 0.1) is 0 Å². The van der Waals surface area contributed by atoms with Gasteiger partial charge in [0.25, 0.3) is 0 Å². The monoisotopic (exact) mass is 212 g/mol. The van der Waals surface area contributed by atoms with E-state index in [1.807, 2.05) is 13.8 Å². The summed E-state index contributed by atoms with van der Waals surface area (Å²) in [6, 6.07) is 0. The second-order valence-electron chi connectivity index (χ2n) is 4.24. The van der Waals surface area contributed by atoms with E-state index in [0.717, 1.165) is 6.42 Å². The van der Waals surface area contributed by atoms with Crippen LogP contribution in [-0.2, 0) is 0 Å². The van der Waals surface area contributed by atoms with Crippen LogP contribution in [-0.4, -0.2) is 6.18 Å². The number of rotatable bonds is 1. The summed E-state index contributed by atoms with van der Waals surface area (Å²) in [5.74, 6) is 0.00150. The lowest BCUT2D eigenvalue weighted by atomic mass is 10.0. The molecule has 1 aliphatic carbocycles. The number of halogens is 4. The molecule has 0 bridgehead atoms. The summed E-state index contributed by atoms with van der Waals surface area (Å²) in [5.41, 5.74) is 0.273. The number of alkyl halides is 3. The molecule has 0 saturated heterocycles. The van der Waals surface area contributed by atoms with Crippen molar-refractivity contribution < 1.29 is 13.2 Å². The van der Waals surface area contributed by atoms with Crippen molar-refractivity contribution in [1.29, 1.82) is 0 Å². The van der Waals surface area contributed by atoms with E-state index < -0.39 is 11.2 Å². The van der Waals surface area contributed by atoms with Crippen LogP contribution in [0.5, 0.6) is 0 Å². The molecule has 0 heterocycles. The zero-order chi connectivity index (χ0) is 10.4. The molecule has 4 heteroatoms. The molecule has 13 heavy (non-hydrogen) atoms. The second-order valence-corrected chi connectivity index (χ2v) is 4.62. The van der Waals surface area contributed by atoms with E-state index in [4.69, 9.17) is 11.6 Å². The van der Waals surface area contributed by atoms with Crippen molar-refractivity contribution in [3.05, 3.63) is 10.6 Å². The predicted octanol–water partition coefficient (Wildman–Crippen LogP) is 4.11. The van der Waals surface area contributed by atoms with Gasteiger partial charge in [0.1, 0.15) is 5.03 Å². The molecule has 0 aliphatic heterocycles. The van der Waals surface area contributed by atoms with Crippen molar-refractivity contribution in [2.75, 3.05) is 0 Å². The zero-order valence-electron chi connectivity index (χ0n) is 7.80. The van der Waals surface area contributed by atoms with Crippen LogP contribution in [0.4, 0.5) is 13.2 Å². The Morgan fingerprint density at radius 3 is 2.00 bits per heavy atom. The van der Waals surface area contributed by atoms with Gasteiger partial charge >= 0.3 is 6.18 Å². The third-order valence-electron chi connectivity index (χ3n) is 2.63. The molecule has 0 nitrogen and oxygen atoms in total. The fraction of sp³-hybridized carbons (Fsp3) is 0.778. The molecular formula is C9H12ClF3. The Labute approximate surface area is 80.8 Å². The third-order valence-corrected chi connectivity index (χ3v) is 3.14. The Balaban J connectivity index is 2.83. The van der Waals surface area contributed by atoms with Crippen LogP contribution in [0.3, 0.4) is 0 Å². The topological polar surface area (TPSA) is 0 Å². The standard InChI is InChI=1S/C9H12ClF3/c1-5(6-4-8(6,2)3)7(10)9(11,12)13/h6H,4H2,1-3H3. The van der Waals surface area contributed by atoms with E-state index in [-0.39, 0.29) is 16.9 Å². The molecule has 1 saturated carbocycles.